The van der Waals surface area contributed by atoms with Crippen molar-refractivity contribution in [1.82, 2.24) is 41.9 Å². The molecule has 0 unspecified atom stereocenters. The number of nitrogens with zero attached hydrogens (tertiary/aromatic N) is 2. The highest BCUT2D eigenvalue weighted by Crippen LogP contribution is 2.33. The number of aromatic nitrogens is 2. The number of rotatable bonds is 26. The van der Waals surface area contributed by atoms with Crippen LogP contribution in [0.1, 0.15) is 76.3 Å². The minimum atomic E-state index is -1.42. The molecule has 3 heterocycles. The fourth-order valence-electron chi connectivity index (χ4n) is 6.10. The Bertz CT molecular complexity index is 1460. The van der Waals surface area contributed by atoms with E-state index in [1.165, 1.54) is 12.5 Å². The van der Waals surface area contributed by atoms with E-state index in [4.69, 9.17) is 23.1 Å². The van der Waals surface area contributed by atoms with E-state index in [9.17, 15) is 38.7 Å². The van der Waals surface area contributed by atoms with Crippen molar-refractivity contribution in [2.45, 2.75) is 113 Å². The van der Waals surface area contributed by atoms with E-state index < -0.39 is 59.9 Å². The number of halogens is 1. The molecule has 1 aromatic rings. The Morgan fingerprint density at radius 3 is 2.37 bits per heavy atom. The quantitative estimate of drug-likeness (QED) is 0.0180. The Labute approximate surface area is 322 Å². The van der Waals surface area contributed by atoms with Gasteiger partial charge in [-0.2, -0.15) is 11.8 Å². The Hall–Kier alpha value is -4.59. The maximum atomic E-state index is 13.5. The Kier molecular flexibility index (Phi) is 18.9. The third-order valence-electron chi connectivity index (χ3n) is 8.91. The molecular formula is C33H52ClN11O8S. The number of aliphatic imine (C=N–C) groups is 1. The number of unbranched alkanes of at least 4 members (excludes halogenated alkanes) is 3. The van der Waals surface area contributed by atoms with E-state index in [1.807, 2.05) is 11.8 Å². The first kappa shape index (κ1) is 43.8. The number of thioether (sulfide) groups is 1. The molecule has 19 nitrogen and oxygen atoms in total. The highest BCUT2D eigenvalue weighted by atomic mass is 35.5. The van der Waals surface area contributed by atoms with Crippen LogP contribution in [0.2, 0.25) is 0 Å². The summed E-state index contributed by atoms with van der Waals surface area (Å²) in [6.45, 7) is 0.654. The van der Waals surface area contributed by atoms with Gasteiger partial charge in [-0.05, 0) is 38.5 Å². The Morgan fingerprint density at radius 1 is 0.944 bits per heavy atom. The minimum Gasteiger partial charge on any atom is -0.481 e. The van der Waals surface area contributed by atoms with Gasteiger partial charge in [0.2, 0.25) is 23.6 Å². The number of amides is 6. The number of hydrogen-bond acceptors (Lipinski definition) is 10. The van der Waals surface area contributed by atoms with Crippen molar-refractivity contribution in [2.75, 3.05) is 24.7 Å². The number of alkyl halides is 1. The molecule has 0 bridgehead atoms. The lowest BCUT2D eigenvalue weighted by molar-refractivity contribution is -0.140. The fraction of sp³-hybridized carbons (Fsp3) is 0.667. The van der Waals surface area contributed by atoms with Crippen LogP contribution in [-0.4, -0.2) is 123 Å². The molecule has 6 atom stereocenters. The summed E-state index contributed by atoms with van der Waals surface area (Å²) in [5, 5.41) is 26.1. The minimum absolute atomic E-state index is 0.0299. The molecule has 0 saturated carbocycles. The van der Waals surface area contributed by atoms with E-state index in [-0.39, 0.29) is 55.8 Å². The van der Waals surface area contributed by atoms with Gasteiger partial charge in [0, 0.05) is 55.2 Å². The van der Waals surface area contributed by atoms with Gasteiger partial charge in [0.25, 0.3) is 0 Å². The van der Waals surface area contributed by atoms with Crippen LogP contribution in [-0.2, 0) is 35.2 Å². The number of guanidine groups is 1. The number of carbonyl (C=O) groups is 7. The maximum absolute atomic E-state index is 13.5. The number of aromatic amines is 1. The third kappa shape index (κ3) is 15.8. The molecule has 2 aliphatic heterocycles. The van der Waals surface area contributed by atoms with E-state index in [0.717, 1.165) is 25.0 Å². The van der Waals surface area contributed by atoms with Crippen molar-refractivity contribution < 1.29 is 38.7 Å². The highest BCUT2D eigenvalue weighted by molar-refractivity contribution is 8.00. The lowest BCUT2D eigenvalue weighted by Crippen LogP contribution is -2.56. The van der Waals surface area contributed by atoms with Crippen LogP contribution in [0.3, 0.4) is 0 Å². The first-order valence-corrected chi connectivity index (χ1v) is 19.6. The molecule has 0 spiro atoms. The van der Waals surface area contributed by atoms with Gasteiger partial charge in [-0.25, -0.2) is 9.78 Å². The SMILES string of the molecule is NC(N)=NCCC[C@H](NC(=O)CCCCCNC(=O)CCCC[C@@H]1SC[C@@H]2NC(=O)N[C@@H]21)C(=O)N[C@@H](Cc1cnc[nH]1)C(=O)N[C@H](CC(=O)O)C(=O)CCl. The lowest BCUT2D eigenvalue weighted by atomic mass is 10.0. The number of imidazole rings is 1. The van der Waals surface area contributed by atoms with Gasteiger partial charge in [0.15, 0.2) is 11.7 Å². The molecule has 0 radical (unpaired) electrons. The summed E-state index contributed by atoms with van der Waals surface area (Å²) in [6, 6.07) is -3.55. The number of carboxylic acids is 1. The second-order valence-corrected chi connectivity index (χ2v) is 14.7. The molecule has 1 aromatic heterocycles. The maximum Gasteiger partial charge on any atom is 0.315 e. The van der Waals surface area contributed by atoms with Crippen molar-refractivity contribution in [3.63, 3.8) is 0 Å². The summed E-state index contributed by atoms with van der Waals surface area (Å²) in [6.07, 6.45) is 7.40. The van der Waals surface area contributed by atoms with Gasteiger partial charge in [0.1, 0.15) is 12.1 Å². The normalized spacial score (nSPS) is 18.9. The van der Waals surface area contributed by atoms with E-state index in [1.54, 1.807) is 0 Å². The molecule has 2 saturated heterocycles. The van der Waals surface area contributed by atoms with Crippen LogP contribution in [0.25, 0.3) is 0 Å². The molecule has 300 valence electrons. The van der Waals surface area contributed by atoms with Gasteiger partial charge >= 0.3 is 12.0 Å². The fourth-order valence-corrected chi connectivity index (χ4v) is 7.83. The molecule has 0 aliphatic carbocycles. The molecule has 3 rings (SSSR count). The van der Waals surface area contributed by atoms with E-state index in [0.29, 0.717) is 49.6 Å². The van der Waals surface area contributed by atoms with Crippen molar-refractivity contribution >= 4 is 70.7 Å². The molecule has 0 aromatic carbocycles. The van der Waals surface area contributed by atoms with Gasteiger partial charge in [-0.15, -0.1) is 11.6 Å². The molecule has 2 aliphatic rings. The Morgan fingerprint density at radius 2 is 1.67 bits per heavy atom. The van der Waals surface area contributed by atoms with Crippen molar-refractivity contribution in [2.24, 2.45) is 16.5 Å². The molecule has 54 heavy (non-hydrogen) atoms. The molecule has 2 fully saturated rings. The largest absolute Gasteiger partial charge is 0.481 e. The number of urea groups is 1. The van der Waals surface area contributed by atoms with E-state index in [2.05, 4.69) is 46.9 Å². The van der Waals surface area contributed by atoms with Gasteiger partial charge < -0.3 is 53.5 Å². The van der Waals surface area contributed by atoms with Crippen LogP contribution < -0.4 is 43.4 Å². The highest BCUT2D eigenvalue weighted by Gasteiger charge is 2.42. The van der Waals surface area contributed by atoms with Crippen molar-refractivity contribution in [1.29, 1.82) is 0 Å². The zero-order valence-corrected chi connectivity index (χ0v) is 31.6. The zero-order valence-electron chi connectivity index (χ0n) is 30.1. The van der Waals surface area contributed by atoms with E-state index >= 15 is 0 Å². The summed E-state index contributed by atoms with van der Waals surface area (Å²) in [4.78, 5) is 97.8. The smallest absolute Gasteiger partial charge is 0.315 e. The average Bonchev–Trinajstić information content (AvgIpc) is 3.86. The van der Waals surface area contributed by atoms with Crippen LogP contribution in [0.5, 0.6) is 0 Å². The second kappa shape index (κ2) is 23.3. The number of nitrogens with one attached hydrogen (secondary N) is 7. The number of fused-ring (bicyclic) bond motifs is 1. The summed E-state index contributed by atoms with van der Waals surface area (Å²) in [5.74, 6) is -3.76. The van der Waals surface area contributed by atoms with Crippen LogP contribution >= 0.6 is 23.4 Å². The topological polar surface area (TPSA) is 305 Å². The number of H-pyrrole nitrogens is 1. The second-order valence-electron chi connectivity index (χ2n) is 13.2. The van der Waals surface area contributed by atoms with Crippen LogP contribution in [0.4, 0.5) is 4.79 Å². The number of carboxylic acid groups (broad SMARTS) is 1. The zero-order chi connectivity index (χ0) is 39.5. The number of aliphatic carboxylic acids is 1. The molecule has 6 amide bonds. The monoisotopic (exact) mass is 797 g/mol. The molecular weight excluding hydrogens is 746 g/mol. The van der Waals surface area contributed by atoms with Crippen molar-refractivity contribution in [3.05, 3.63) is 18.2 Å². The third-order valence-corrected chi connectivity index (χ3v) is 10.7. The molecule has 21 heteroatoms. The van der Waals surface area contributed by atoms with Crippen LogP contribution in [0, 0.1) is 0 Å². The summed E-state index contributed by atoms with van der Waals surface area (Å²) >= 11 is 7.47. The first-order valence-electron chi connectivity index (χ1n) is 18.0. The summed E-state index contributed by atoms with van der Waals surface area (Å²) in [7, 11) is 0. The summed E-state index contributed by atoms with van der Waals surface area (Å²) in [5.41, 5.74) is 11.3. The predicted molar refractivity (Wildman–Crippen MR) is 201 cm³/mol. The van der Waals surface area contributed by atoms with Gasteiger partial charge in [0.05, 0.1) is 36.8 Å². The van der Waals surface area contributed by atoms with Crippen LogP contribution in [0.15, 0.2) is 17.5 Å². The van der Waals surface area contributed by atoms with Gasteiger partial charge in [-0.1, -0.05) is 12.8 Å². The number of nitrogens with two attached hydrogens (primary N) is 2. The standard InChI is InChI=1S/C33H52ClN11O8S/c34-15-24(46)21(14-28(49)50)42-31(52)22(13-19-16-37-18-40-19)43-30(51)20(7-6-12-39-32(35)36)41-27(48)10-2-1-5-11-38-26(47)9-4-3-8-25-29-23(17-54-25)44-33(53)45-29/h16,18,20-23,25,29H,1-15,17H2,(H,37,40)(H,38,47)(H,41,48)(H,42,52)(H,43,51)(H,49,50)(H4,35,36,39)(H2,44,45,53)/t20-,21+,22-,23-,25-,29-/m0/s1. The average molecular weight is 798 g/mol. The summed E-state index contributed by atoms with van der Waals surface area (Å²) < 4.78 is 0. The number of carbonyl (C=O) groups excluding carboxylic acids is 6. The predicted octanol–water partition coefficient (Wildman–Crippen LogP) is -0.855. The van der Waals surface area contributed by atoms with Gasteiger partial charge in [-0.3, -0.25) is 33.8 Å². The number of hydrogen-bond donors (Lipinski definition) is 10. The Balaban J connectivity index is 1.44. The van der Waals surface area contributed by atoms with Crippen molar-refractivity contribution in [3.8, 4) is 0 Å². The number of ketones is 1. The molecule has 12 N–H and O–H groups in total. The number of Topliss-reactive ketones (excluding diaryl/α,β-unsaturated/α-hetero) is 1. The first-order chi connectivity index (χ1) is 25.9. The lowest BCUT2D eigenvalue weighted by Gasteiger charge is -2.24.